The number of hydrogen-bond donors (Lipinski definition) is 1. The molecule has 2 aliphatic rings. The summed E-state index contributed by atoms with van der Waals surface area (Å²) in [5.41, 5.74) is 0.998. The molecule has 0 aromatic heterocycles. The topological polar surface area (TPSA) is 59.0 Å². The Balaban J connectivity index is 1.87. The molecule has 2 unspecified atom stereocenters. The molecule has 1 spiro atoms. The maximum Gasteiger partial charge on any atom is 0.325 e. The molecule has 0 aliphatic carbocycles. The molecule has 2 fully saturated rings. The number of likely N-dealkylation sites (tertiary alicyclic amines) is 1. The van der Waals surface area contributed by atoms with Gasteiger partial charge in [-0.25, -0.2) is 0 Å². The second kappa shape index (κ2) is 6.49. The first-order valence-corrected chi connectivity index (χ1v) is 8.25. The van der Waals surface area contributed by atoms with E-state index in [9.17, 15) is 9.90 Å². The van der Waals surface area contributed by atoms with Gasteiger partial charge in [-0.1, -0.05) is 12.1 Å². The van der Waals surface area contributed by atoms with E-state index in [2.05, 4.69) is 11.8 Å². The van der Waals surface area contributed by atoms with Gasteiger partial charge in [-0.2, -0.15) is 0 Å². The molecule has 2 atom stereocenters. The monoisotopic (exact) mass is 319 g/mol. The smallest absolute Gasteiger partial charge is 0.325 e. The van der Waals surface area contributed by atoms with Crippen LogP contribution < -0.4 is 4.74 Å². The predicted molar refractivity (Wildman–Crippen MR) is 86.6 cm³/mol. The van der Waals surface area contributed by atoms with Gasteiger partial charge in [0.05, 0.1) is 7.11 Å². The lowest BCUT2D eigenvalue weighted by Crippen LogP contribution is -2.38. The molecule has 0 amide bonds. The molecular weight excluding hydrogens is 294 g/mol. The molecule has 5 heteroatoms. The molecule has 3 rings (SSSR count). The second-order valence-corrected chi connectivity index (χ2v) is 6.86. The van der Waals surface area contributed by atoms with E-state index >= 15 is 0 Å². The Morgan fingerprint density at radius 1 is 1.43 bits per heavy atom. The van der Waals surface area contributed by atoms with Gasteiger partial charge in [-0.3, -0.25) is 9.69 Å². The largest absolute Gasteiger partial charge is 0.497 e. The highest BCUT2D eigenvalue weighted by Gasteiger charge is 2.47. The van der Waals surface area contributed by atoms with Crippen LogP contribution in [0.4, 0.5) is 0 Å². The first-order valence-electron chi connectivity index (χ1n) is 8.25. The van der Waals surface area contributed by atoms with Crippen molar-refractivity contribution in [3.8, 4) is 5.75 Å². The standard InChI is InChI=1S/C18H25NO4/c1-13-11-18(6-8-23-9-7-18)12-19(13)16(17(20)21)14-4-3-5-15(10-14)22-2/h3-5,10,13,16H,6-9,11-12H2,1-2H3,(H,20,21). The lowest BCUT2D eigenvalue weighted by atomic mass is 9.78. The molecule has 0 radical (unpaired) electrons. The Bertz CT molecular complexity index is 568. The van der Waals surface area contributed by atoms with Crippen LogP contribution in [0.3, 0.4) is 0 Å². The lowest BCUT2D eigenvalue weighted by molar-refractivity contribution is -0.144. The average molecular weight is 319 g/mol. The first kappa shape index (κ1) is 16.3. The molecule has 5 nitrogen and oxygen atoms in total. The summed E-state index contributed by atoms with van der Waals surface area (Å²) in [6, 6.07) is 7.04. The van der Waals surface area contributed by atoms with Crippen molar-refractivity contribution in [3.05, 3.63) is 29.8 Å². The van der Waals surface area contributed by atoms with E-state index in [1.807, 2.05) is 24.3 Å². The van der Waals surface area contributed by atoms with Gasteiger partial charge in [-0.15, -0.1) is 0 Å². The number of carbonyl (C=O) groups is 1. The summed E-state index contributed by atoms with van der Waals surface area (Å²) in [4.78, 5) is 14.1. The maximum absolute atomic E-state index is 12.0. The number of rotatable bonds is 4. The van der Waals surface area contributed by atoms with Gasteiger partial charge in [0.1, 0.15) is 11.8 Å². The lowest BCUT2D eigenvalue weighted by Gasteiger charge is -2.34. The Morgan fingerprint density at radius 2 is 2.17 bits per heavy atom. The van der Waals surface area contributed by atoms with Gasteiger partial charge in [0.25, 0.3) is 0 Å². The van der Waals surface area contributed by atoms with Crippen LogP contribution in [0.5, 0.6) is 5.75 Å². The van der Waals surface area contributed by atoms with Crippen molar-refractivity contribution >= 4 is 5.97 Å². The van der Waals surface area contributed by atoms with Crippen molar-refractivity contribution in [1.29, 1.82) is 0 Å². The van der Waals surface area contributed by atoms with Crippen LogP contribution in [-0.4, -0.2) is 48.9 Å². The third-order valence-electron chi connectivity index (χ3n) is 5.34. The zero-order valence-corrected chi connectivity index (χ0v) is 13.8. The van der Waals surface area contributed by atoms with Crippen LogP contribution in [-0.2, 0) is 9.53 Å². The first-order chi connectivity index (χ1) is 11.0. The molecule has 126 valence electrons. The summed E-state index contributed by atoms with van der Waals surface area (Å²) in [5, 5.41) is 9.85. The number of carboxylic acid groups (broad SMARTS) is 1. The predicted octanol–water partition coefficient (Wildman–Crippen LogP) is 2.71. The van der Waals surface area contributed by atoms with Gasteiger partial charge in [-0.05, 0) is 49.3 Å². The maximum atomic E-state index is 12.0. The molecular formula is C18H25NO4. The minimum absolute atomic E-state index is 0.213. The Labute approximate surface area is 137 Å². The van der Waals surface area contributed by atoms with Crippen LogP contribution in [0.1, 0.15) is 37.8 Å². The highest BCUT2D eigenvalue weighted by atomic mass is 16.5. The summed E-state index contributed by atoms with van der Waals surface area (Å²) < 4.78 is 10.8. The molecule has 2 heterocycles. The molecule has 1 N–H and O–H groups in total. The van der Waals surface area contributed by atoms with Crippen molar-refractivity contribution in [2.75, 3.05) is 26.9 Å². The highest BCUT2D eigenvalue weighted by Crippen LogP contribution is 2.45. The van der Waals surface area contributed by atoms with Gasteiger partial charge in [0, 0.05) is 25.8 Å². The number of nitrogens with zero attached hydrogens (tertiary/aromatic N) is 1. The summed E-state index contributed by atoms with van der Waals surface area (Å²) in [5.74, 6) is -0.101. The van der Waals surface area contributed by atoms with Crippen LogP contribution in [0.25, 0.3) is 0 Å². The average Bonchev–Trinajstić information content (AvgIpc) is 2.84. The van der Waals surface area contributed by atoms with E-state index in [0.29, 0.717) is 5.75 Å². The van der Waals surface area contributed by atoms with E-state index in [0.717, 1.165) is 44.6 Å². The Morgan fingerprint density at radius 3 is 2.83 bits per heavy atom. The summed E-state index contributed by atoms with van der Waals surface area (Å²) >= 11 is 0. The zero-order valence-electron chi connectivity index (χ0n) is 13.8. The number of methoxy groups -OCH3 is 1. The summed E-state index contributed by atoms with van der Waals surface area (Å²) in [6.45, 7) is 4.54. The molecule has 0 saturated carbocycles. The molecule has 0 bridgehead atoms. The SMILES string of the molecule is COc1cccc(C(C(=O)O)N2CC3(CCOCC3)CC2C)c1. The van der Waals surface area contributed by atoms with Crippen molar-refractivity contribution in [2.45, 2.75) is 38.3 Å². The molecule has 2 aliphatic heterocycles. The van der Waals surface area contributed by atoms with Gasteiger partial charge >= 0.3 is 5.97 Å². The summed E-state index contributed by atoms with van der Waals surface area (Å²) in [7, 11) is 1.60. The van der Waals surface area contributed by atoms with Gasteiger partial charge in [0.15, 0.2) is 0 Å². The van der Waals surface area contributed by atoms with Crippen LogP contribution in [0, 0.1) is 5.41 Å². The van der Waals surface area contributed by atoms with Crippen molar-refractivity contribution in [2.24, 2.45) is 5.41 Å². The van der Waals surface area contributed by atoms with Crippen molar-refractivity contribution in [3.63, 3.8) is 0 Å². The fourth-order valence-corrected chi connectivity index (χ4v) is 4.15. The summed E-state index contributed by atoms with van der Waals surface area (Å²) in [6.07, 6.45) is 3.10. The van der Waals surface area contributed by atoms with E-state index in [4.69, 9.17) is 9.47 Å². The molecule has 1 aromatic rings. The van der Waals surface area contributed by atoms with Gasteiger partial charge < -0.3 is 14.6 Å². The van der Waals surface area contributed by atoms with Gasteiger partial charge in [0.2, 0.25) is 0 Å². The number of ether oxygens (including phenoxy) is 2. The molecule has 1 aromatic carbocycles. The minimum atomic E-state index is -0.797. The number of aliphatic carboxylic acids is 1. The van der Waals surface area contributed by atoms with E-state index in [1.54, 1.807) is 7.11 Å². The number of carboxylic acids is 1. The number of benzene rings is 1. The molecule has 23 heavy (non-hydrogen) atoms. The molecule has 2 saturated heterocycles. The highest BCUT2D eigenvalue weighted by molar-refractivity contribution is 5.76. The van der Waals surface area contributed by atoms with Crippen molar-refractivity contribution in [1.82, 2.24) is 4.90 Å². The minimum Gasteiger partial charge on any atom is -0.497 e. The second-order valence-electron chi connectivity index (χ2n) is 6.86. The Kier molecular flexibility index (Phi) is 4.60. The fourth-order valence-electron chi connectivity index (χ4n) is 4.15. The van der Waals surface area contributed by atoms with Crippen LogP contribution in [0.15, 0.2) is 24.3 Å². The van der Waals surface area contributed by atoms with E-state index < -0.39 is 12.0 Å². The fraction of sp³-hybridized carbons (Fsp3) is 0.611. The van der Waals surface area contributed by atoms with E-state index in [1.165, 1.54) is 0 Å². The van der Waals surface area contributed by atoms with E-state index in [-0.39, 0.29) is 11.5 Å². The van der Waals surface area contributed by atoms with Crippen LogP contribution >= 0.6 is 0 Å². The zero-order chi connectivity index (χ0) is 16.4. The third kappa shape index (κ3) is 3.21. The Hall–Kier alpha value is -1.59. The third-order valence-corrected chi connectivity index (χ3v) is 5.34. The number of hydrogen-bond acceptors (Lipinski definition) is 4. The normalized spacial score (nSPS) is 25.4. The van der Waals surface area contributed by atoms with Crippen molar-refractivity contribution < 1.29 is 19.4 Å². The quantitative estimate of drug-likeness (QED) is 0.924. The van der Waals surface area contributed by atoms with Crippen LogP contribution in [0.2, 0.25) is 0 Å².